The van der Waals surface area contributed by atoms with Crippen LogP contribution in [-0.2, 0) is 24.0 Å². The Labute approximate surface area is 180 Å². The second kappa shape index (κ2) is 13.5. The maximum Gasteiger partial charge on any atom is 0.326 e. The van der Waals surface area contributed by atoms with Gasteiger partial charge in [0.2, 0.25) is 17.7 Å². The molecule has 0 aliphatic rings. The molecule has 0 saturated carbocycles. The molecule has 0 aromatic carbocycles. The van der Waals surface area contributed by atoms with Crippen LogP contribution >= 0.6 is 0 Å². The van der Waals surface area contributed by atoms with Crippen molar-refractivity contribution < 1.29 is 39.3 Å². The zero-order valence-electron chi connectivity index (χ0n) is 18.3. The van der Waals surface area contributed by atoms with Crippen molar-refractivity contribution in [1.82, 2.24) is 16.0 Å². The van der Waals surface area contributed by atoms with Gasteiger partial charge in [-0.2, -0.15) is 0 Å². The largest absolute Gasteiger partial charge is 0.481 e. The Bertz CT molecular complexity index is 655. The molecule has 12 heteroatoms. The van der Waals surface area contributed by atoms with Gasteiger partial charge >= 0.3 is 11.9 Å². The van der Waals surface area contributed by atoms with Crippen LogP contribution in [0, 0.1) is 11.8 Å². The van der Waals surface area contributed by atoms with Crippen molar-refractivity contribution in [2.75, 3.05) is 6.61 Å². The van der Waals surface area contributed by atoms with Crippen LogP contribution in [-0.4, -0.2) is 75.8 Å². The summed E-state index contributed by atoms with van der Waals surface area (Å²) in [7, 11) is 0. The van der Waals surface area contributed by atoms with Crippen molar-refractivity contribution >= 4 is 29.7 Å². The van der Waals surface area contributed by atoms with Gasteiger partial charge in [-0.15, -0.1) is 0 Å². The molecule has 31 heavy (non-hydrogen) atoms. The first-order chi connectivity index (χ1) is 14.3. The van der Waals surface area contributed by atoms with Gasteiger partial charge in [-0.05, 0) is 18.3 Å². The van der Waals surface area contributed by atoms with Crippen LogP contribution in [0.3, 0.4) is 0 Å². The molecule has 5 unspecified atom stereocenters. The van der Waals surface area contributed by atoms with Crippen molar-refractivity contribution in [3.8, 4) is 0 Å². The maximum atomic E-state index is 12.6. The molecule has 178 valence electrons. The van der Waals surface area contributed by atoms with Crippen molar-refractivity contribution in [3.05, 3.63) is 0 Å². The van der Waals surface area contributed by atoms with Crippen LogP contribution < -0.4 is 21.7 Å². The summed E-state index contributed by atoms with van der Waals surface area (Å²) in [5.41, 5.74) is 5.88. The molecule has 0 aliphatic heterocycles. The van der Waals surface area contributed by atoms with Crippen LogP contribution in [0.2, 0.25) is 0 Å². The maximum absolute atomic E-state index is 12.6. The Morgan fingerprint density at radius 1 is 0.871 bits per heavy atom. The van der Waals surface area contributed by atoms with E-state index in [1.807, 2.05) is 6.92 Å². The van der Waals surface area contributed by atoms with Crippen molar-refractivity contribution in [2.45, 2.75) is 71.1 Å². The summed E-state index contributed by atoms with van der Waals surface area (Å²) in [5, 5.41) is 34.2. The van der Waals surface area contributed by atoms with Crippen molar-refractivity contribution in [3.63, 3.8) is 0 Å². The first-order valence-corrected chi connectivity index (χ1v) is 10.1. The average Bonchev–Trinajstić information content (AvgIpc) is 2.70. The van der Waals surface area contributed by atoms with Crippen LogP contribution in [0.1, 0.15) is 47.0 Å². The number of hydrogen-bond donors (Lipinski definition) is 7. The smallest absolute Gasteiger partial charge is 0.326 e. The third-order valence-electron chi connectivity index (χ3n) is 4.88. The summed E-state index contributed by atoms with van der Waals surface area (Å²) >= 11 is 0. The fourth-order valence-electron chi connectivity index (χ4n) is 2.55. The lowest BCUT2D eigenvalue weighted by molar-refractivity contribution is -0.143. The second-order valence-electron chi connectivity index (χ2n) is 7.72. The van der Waals surface area contributed by atoms with Gasteiger partial charge in [-0.25, -0.2) is 4.79 Å². The van der Waals surface area contributed by atoms with E-state index in [-0.39, 0.29) is 18.3 Å². The van der Waals surface area contributed by atoms with E-state index < -0.39 is 66.9 Å². The zero-order valence-corrected chi connectivity index (χ0v) is 18.3. The molecule has 3 amide bonds. The fraction of sp³-hybridized carbons (Fsp3) is 0.737. The Hall–Kier alpha value is -2.73. The number of aliphatic hydroxyl groups excluding tert-OH is 1. The van der Waals surface area contributed by atoms with E-state index in [1.165, 1.54) is 0 Å². The highest BCUT2D eigenvalue weighted by Crippen LogP contribution is 2.08. The van der Waals surface area contributed by atoms with Gasteiger partial charge in [-0.3, -0.25) is 19.2 Å². The molecule has 0 spiro atoms. The molecule has 0 radical (unpaired) electrons. The molecular formula is C19H34N4O8. The quantitative estimate of drug-likeness (QED) is 0.164. The van der Waals surface area contributed by atoms with Gasteiger partial charge < -0.3 is 37.0 Å². The Kier molecular flexibility index (Phi) is 12.4. The molecule has 0 bridgehead atoms. The Morgan fingerprint density at radius 2 is 1.42 bits per heavy atom. The molecule has 0 heterocycles. The van der Waals surface area contributed by atoms with E-state index in [0.717, 1.165) is 0 Å². The summed E-state index contributed by atoms with van der Waals surface area (Å²) in [6.45, 7) is 6.16. The zero-order chi connectivity index (χ0) is 24.3. The molecule has 12 nitrogen and oxygen atoms in total. The van der Waals surface area contributed by atoms with Crippen molar-refractivity contribution in [1.29, 1.82) is 0 Å². The van der Waals surface area contributed by atoms with E-state index in [9.17, 15) is 29.1 Å². The fourth-order valence-corrected chi connectivity index (χ4v) is 2.55. The summed E-state index contributed by atoms with van der Waals surface area (Å²) in [5.74, 6) is -5.48. The SMILES string of the molecule is CCC(C)C(N)C(=O)NC(C(=O)NC(CO)C(=O)NC(CCC(=O)O)C(=O)O)C(C)C. The van der Waals surface area contributed by atoms with Gasteiger partial charge in [0.05, 0.1) is 12.6 Å². The lowest BCUT2D eigenvalue weighted by Crippen LogP contribution is -2.59. The average molecular weight is 447 g/mol. The van der Waals surface area contributed by atoms with Gasteiger partial charge in [0.25, 0.3) is 0 Å². The lowest BCUT2D eigenvalue weighted by atomic mass is 9.97. The third-order valence-corrected chi connectivity index (χ3v) is 4.88. The highest BCUT2D eigenvalue weighted by atomic mass is 16.4. The molecule has 0 aliphatic carbocycles. The number of hydrogen-bond acceptors (Lipinski definition) is 7. The molecule has 0 fully saturated rings. The highest BCUT2D eigenvalue weighted by molar-refractivity contribution is 5.94. The number of aliphatic hydroxyl groups is 1. The first kappa shape index (κ1) is 28.3. The second-order valence-corrected chi connectivity index (χ2v) is 7.72. The number of aliphatic carboxylic acids is 2. The third kappa shape index (κ3) is 9.75. The monoisotopic (exact) mass is 446 g/mol. The molecular weight excluding hydrogens is 412 g/mol. The molecule has 0 aromatic heterocycles. The predicted octanol–water partition coefficient (Wildman–Crippen LogP) is -1.59. The van der Waals surface area contributed by atoms with Crippen LogP contribution in [0.5, 0.6) is 0 Å². The summed E-state index contributed by atoms with van der Waals surface area (Å²) in [6, 6.07) is -4.89. The van der Waals surface area contributed by atoms with Gasteiger partial charge in [0.15, 0.2) is 0 Å². The van der Waals surface area contributed by atoms with Gasteiger partial charge in [0, 0.05) is 6.42 Å². The number of nitrogens with two attached hydrogens (primary N) is 1. The highest BCUT2D eigenvalue weighted by Gasteiger charge is 2.32. The van der Waals surface area contributed by atoms with E-state index in [4.69, 9.17) is 15.9 Å². The van der Waals surface area contributed by atoms with Crippen LogP contribution in [0.25, 0.3) is 0 Å². The minimum Gasteiger partial charge on any atom is -0.481 e. The number of carbonyl (C=O) groups excluding carboxylic acids is 3. The van der Waals surface area contributed by atoms with E-state index in [1.54, 1.807) is 20.8 Å². The summed E-state index contributed by atoms with van der Waals surface area (Å²) in [4.78, 5) is 59.2. The molecule has 0 saturated heterocycles. The minimum absolute atomic E-state index is 0.120. The summed E-state index contributed by atoms with van der Waals surface area (Å²) in [6.07, 6.45) is -0.210. The number of nitrogens with one attached hydrogen (secondary N) is 3. The molecule has 5 atom stereocenters. The first-order valence-electron chi connectivity index (χ1n) is 10.1. The molecule has 8 N–H and O–H groups in total. The number of amides is 3. The standard InChI is InChI=1S/C19H34N4O8/c1-5-10(4)14(20)17(28)23-15(9(2)3)18(29)22-12(8-24)16(27)21-11(19(30)31)6-7-13(25)26/h9-12,14-15,24H,5-8,20H2,1-4H3,(H,21,27)(H,22,29)(H,23,28)(H,25,26)(H,30,31). The number of carboxylic acid groups (broad SMARTS) is 2. The topological polar surface area (TPSA) is 208 Å². The van der Waals surface area contributed by atoms with Crippen LogP contribution in [0.15, 0.2) is 0 Å². The minimum atomic E-state index is -1.51. The number of carboxylic acids is 2. The van der Waals surface area contributed by atoms with Crippen molar-refractivity contribution in [2.24, 2.45) is 17.6 Å². The van der Waals surface area contributed by atoms with E-state index in [2.05, 4.69) is 16.0 Å². The van der Waals surface area contributed by atoms with Crippen LogP contribution in [0.4, 0.5) is 0 Å². The Morgan fingerprint density at radius 3 is 1.84 bits per heavy atom. The molecule has 0 rings (SSSR count). The van der Waals surface area contributed by atoms with E-state index >= 15 is 0 Å². The number of carbonyl (C=O) groups is 5. The Balaban J connectivity index is 5.20. The number of rotatable bonds is 14. The van der Waals surface area contributed by atoms with Gasteiger partial charge in [-0.1, -0.05) is 34.1 Å². The molecule has 0 aromatic rings. The summed E-state index contributed by atoms with van der Waals surface area (Å²) < 4.78 is 0. The predicted molar refractivity (Wildman–Crippen MR) is 110 cm³/mol. The van der Waals surface area contributed by atoms with E-state index in [0.29, 0.717) is 6.42 Å². The normalized spacial score (nSPS) is 15.8. The van der Waals surface area contributed by atoms with Gasteiger partial charge in [0.1, 0.15) is 18.1 Å². The lowest BCUT2D eigenvalue weighted by Gasteiger charge is -2.27.